The summed E-state index contributed by atoms with van der Waals surface area (Å²) in [5.74, 6) is 0. The van der Waals surface area contributed by atoms with Crippen LogP contribution in [0.4, 0.5) is 0 Å². The molecule has 0 fully saturated rings. The Balaban J connectivity index is 0. The summed E-state index contributed by atoms with van der Waals surface area (Å²) in [6, 6.07) is 0. The Morgan fingerprint density at radius 2 is 0.273 bits per heavy atom. The van der Waals surface area contributed by atoms with E-state index in [9.17, 15) is 0 Å². The average Bonchev–Trinajstić information content (AvgIpc) is 0. The smallest absolute Gasteiger partial charge is 1.00 e. The molecule has 0 aromatic carbocycles. The fraction of sp³-hybridized carbons (Fsp3) is 0. The molecule has 0 aliphatic rings. The second kappa shape index (κ2) is 486. The van der Waals surface area contributed by atoms with Crippen LogP contribution in [0.3, 0.4) is 0 Å². The molecule has 0 aliphatic heterocycles. The van der Waals surface area contributed by atoms with Crippen LogP contribution in [0.1, 0.15) is 1.43 Å². The Kier molecular flexibility index (Phi) is 27900. The van der Waals surface area contributed by atoms with E-state index in [0.29, 0.717) is 0 Å². The first-order valence-electron chi connectivity index (χ1n) is 0. The van der Waals surface area contributed by atoms with Gasteiger partial charge in [0.15, 0.2) is 0 Å². The number of rotatable bonds is 0. The van der Waals surface area contributed by atoms with Crippen LogP contribution in [-0.4, -0.2) is 84.1 Å². The van der Waals surface area contributed by atoms with E-state index >= 15 is 0 Å². The van der Waals surface area contributed by atoms with Gasteiger partial charge in [-0.05, 0) is 0 Å². The molecule has 0 unspecified atom stereocenters. The molecule has 11 heavy (non-hydrogen) atoms. The van der Waals surface area contributed by atoms with Gasteiger partial charge in [0, 0.05) is 84.1 Å². The third-order valence-electron chi connectivity index (χ3n) is 0. The summed E-state index contributed by atoms with van der Waals surface area (Å²) in [6.45, 7) is 0. The van der Waals surface area contributed by atoms with Crippen LogP contribution in [0.5, 0.6) is 0 Å². The molecule has 0 saturated heterocycles. The Morgan fingerprint density at radius 1 is 0.273 bits per heavy atom. The third kappa shape index (κ3) is 399. The van der Waals surface area contributed by atoms with E-state index < -0.39 is 0 Å². The van der Waals surface area contributed by atoms with Crippen molar-refractivity contribution in [3.8, 4) is 0 Å². The second-order valence-electron chi connectivity index (χ2n) is 0. The Morgan fingerprint density at radius 3 is 0.273 bits per heavy atom. The molecule has 0 heterocycles. The minimum Gasteiger partial charge on any atom is -1.00 e. The van der Waals surface area contributed by atoms with Gasteiger partial charge in [-0.3, -0.25) is 0 Å². The van der Waals surface area contributed by atoms with Crippen molar-refractivity contribution in [3.63, 3.8) is 0 Å². The molecule has 30 radical (unpaired) electrons. The molecule has 0 aromatic rings. The van der Waals surface area contributed by atoms with E-state index in [1.54, 1.807) is 0 Å². The van der Waals surface area contributed by atoms with Crippen molar-refractivity contribution in [1.29, 1.82) is 0 Å². The van der Waals surface area contributed by atoms with Crippen molar-refractivity contribution in [2.24, 2.45) is 0 Å². The molecular formula is HB10Na. The SMILES string of the molecule is [B].[B].[B].[B].[B].[B].[B].[B].[B].[B].[H-].[Na+]. The van der Waals surface area contributed by atoms with Gasteiger partial charge in [0.05, 0.1) is 0 Å². The summed E-state index contributed by atoms with van der Waals surface area (Å²) in [5, 5.41) is 0. The fourth-order valence-electron chi connectivity index (χ4n) is 0. The van der Waals surface area contributed by atoms with Crippen LogP contribution < -0.4 is 29.6 Å². The van der Waals surface area contributed by atoms with Gasteiger partial charge in [0.25, 0.3) is 0 Å². The monoisotopic (exact) mass is 134 g/mol. The maximum Gasteiger partial charge on any atom is 1.00 e. The molecule has 0 rings (SSSR count). The van der Waals surface area contributed by atoms with Crippen molar-refractivity contribution in [3.05, 3.63) is 0 Å². The van der Waals surface area contributed by atoms with Gasteiger partial charge >= 0.3 is 29.6 Å². The van der Waals surface area contributed by atoms with Crippen molar-refractivity contribution < 1.29 is 31.0 Å². The first kappa shape index (κ1) is 631. The summed E-state index contributed by atoms with van der Waals surface area (Å²) in [7, 11) is 0. The van der Waals surface area contributed by atoms with E-state index in [2.05, 4.69) is 0 Å². The molecule has 0 spiro atoms. The van der Waals surface area contributed by atoms with Gasteiger partial charge in [0.2, 0.25) is 0 Å². The summed E-state index contributed by atoms with van der Waals surface area (Å²) < 4.78 is 0. The zero-order chi connectivity index (χ0) is 0. The average molecular weight is 132 g/mol. The molecule has 32 valence electrons. The zero-order valence-electron chi connectivity index (χ0n) is 7.77. The zero-order valence-corrected chi connectivity index (χ0v) is 8.77. The van der Waals surface area contributed by atoms with Gasteiger partial charge in [-0.1, -0.05) is 0 Å². The predicted octanol–water partition coefficient (Wildman–Crippen LogP) is -6.69. The standard InChI is InChI=1S/10B.Na.H/q;;;;;;;;;;+1;-1. The fourth-order valence-corrected chi connectivity index (χ4v) is 0. The first-order valence-corrected chi connectivity index (χ1v) is 0. The topological polar surface area (TPSA) is 0 Å². The van der Waals surface area contributed by atoms with Gasteiger partial charge in [-0.25, -0.2) is 0 Å². The van der Waals surface area contributed by atoms with E-state index in [4.69, 9.17) is 0 Å². The molecule has 0 N–H and O–H groups in total. The maximum absolute atomic E-state index is 0. The van der Waals surface area contributed by atoms with Gasteiger partial charge in [-0.15, -0.1) is 0 Å². The molecule has 0 nitrogen and oxygen atoms in total. The Bertz CT molecular complexity index is 9.80. The Labute approximate surface area is 114 Å². The summed E-state index contributed by atoms with van der Waals surface area (Å²) >= 11 is 0. The van der Waals surface area contributed by atoms with Crippen molar-refractivity contribution in [2.45, 2.75) is 0 Å². The van der Waals surface area contributed by atoms with Crippen molar-refractivity contribution in [2.75, 3.05) is 0 Å². The summed E-state index contributed by atoms with van der Waals surface area (Å²) in [6.07, 6.45) is 0. The van der Waals surface area contributed by atoms with Crippen LogP contribution in [0.25, 0.3) is 0 Å². The molecule has 0 atom stereocenters. The molecule has 0 saturated carbocycles. The minimum atomic E-state index is 0. The summed E-state index contributed by atoms with van der Waals surface area (Å²) in [5.41, 5.74) is 0. The molecule has 11 heteroatoms. The van der Waals surface area contributed by atoms with Crippen LogP contribution in [0.2, 0.25) is 0 Å². The molecule has 0 aliphatic carbocycles. The molecule has 0 amide bonds. The second-order valence-corrected chi connectivity index (χ2v) is 0. The van der Waals surface area contributed by atoms with E-state index in [1.807, 2.05) is 0 Å². The van der Waals surface area contributed by atoms with Gasteiger partial charge in [0.1, 0.15) is 0 Å². The van der Waals surface area contributed by atoms with Crippen LogP contribution in [0, 0.1) is 0 Å². The predicted molar refractivity (Wildman–Crippen MR) is 58.7 cm³/mol. The quantitative estimate of drug-likeness (QED) is 0.287. The molecular weight excluding hydrogens is 131 g/mol. The van der Waals surface area contributed by atoms with E-state index in [0.717, 1.165) is 0 Å². The normalized spacial score (nSPS) is 0. The van der Waals surface area contributed by atoms with Crippen LogP contribution in [0.15, 0.2) is 0 Å². The van der Waals surface area contributed by atoms with Crippen molar-refractivity contribution >= 4 is 84.1 Å². The first-order chi connectivity index (χ1) is 0. The van der Waals surface area contributed by atoms with Gasteiger partial charge in [-0.2, -0.15) is 0 Å². The molecule has 0 bridgehead atoms. The van der Waals surface area contributed by atoms with Crippen LogP contribution >= 0.6 is 0 Å². The number of hydrogen-bond acceptors (Lipinski definition) is 0. The maximum atomic E-state index is 0. The van der Waals surface area contributed by atoms with Crippen molar-refractivity contribution in [1.82, 2.24) is 0 Å². The largest absolute Gasteiger partial charge is 1.00 e. The minimum absolute atomic E-state index is 0. The Hall–Kier alpha value is 1.65. The third-order valence-corrected chi connectivity index (χ3v) is 0. The van der Waals surface area contributed by atoms with E-state index in [-0.39, 0.29) is 115 Å². The number of hydrogen-bond donors (Lipinski definition) is 0. The van der Waals surface area contributed by atoms with Gasteiger partial charge < -0.3 is 1.43 Å². The van der Waals surface area contributed by atoms with Crippen LogP contribution in [-0.2, 0) is 0 Å². The summed E-state index contributed by atoms with van der Waals surface area (Å²) in [4.78, 5) is 0. The van der Waals surface area contributed by atoms with E-state index in [1.165, 1.54) is 0 Å². The molecule has 0 aromatic heterocycles.